The maximum absolute atomic E-state index is 11.6. The SMILES string of the molecule is CNC(=O)c1ccc(N)c(NCCCN2CCOCC2)c1. The third kappa shape index (κ3) is 4.61. The molecule has 4 N–H and O–H groups in total. The van der Waals surface area contributed by atoms with Gasteiger partial charge in [0.1, 0.15) is 0 Å². The fourth-order valence-electron chi connectivity index (χ4n) is 2.35. The third-order valence-corrected chi connectivity index (χ3v) is 3.61. The van der Waals surface area contributed by atoms with Gasteiger partial charge in [-0.25, -0.2) is 0 Å². The van der Waals surface area contributed by atoms with Crippen LogP contribution in [0.25, 0.3) is 0 Å². The van der Waals surface area contributed by atoms with Crippen molar-refractivity contribution in [2.24, 2.45) is 0 Å². The van der Waals surface area contributed by atoms with Gasteiger partial charge in [0.15, 0.2) is 0 Å². The summed E-state index contributed by atoms with van der Waals surface area (Å²) in [7, 11) is 1.62. The fourth-order valence-corrected chi connectivity index (χ4v) is 2.35. The number of nitrogens with two attached hydrogens (primary N) is 1. The lowest BCUT2D eigenvalue weighted by Crippen LogP contribution is -2.37. The number of carbonyl (C=O) groups is 1. The van der Waals surface area contributed by atoms with Crippen molar-refractivity contribution in [3.63, 3.8) is 0 Å². The van der Waals surface area contributed by atoms with Crippen molar-refractivity contribution < 1.29 is 9.53 Å². The maximum Gasteiger partial charge on any atom is 0.251 e. The number of anilines is 2. The molecule has 1 heterocycles. The molecule has 1 aliphatic rings. The number of nitrogen functional groups attached to an aromatic ring is 1. The Kier molecular flexibility index (Phi) is 5.83. The molecule has 1 aromatic rings. The lowest BCUT2D eigenvalue weighted by Gasteiger charge is -2.26. The quantitative estimate of drug-likeness (QED) is 0.533. The van der Waals surface area contributed by atoms with Crippen LogP contribution in [-0.4, -0.2) is 57.2 Å². The molecule has 0 aromatic heterocycles. The Bertz CT molecular complexity index is 473. The van der Waals surface area contributed by atoms with Crippen molar-refractivity contribution in [2.45, 2.75) is 6.42 Å². The van der Waals surface area contributed by atoms with Gasteiger partial charge in [-0.05, 0) is 31.2 Å². The number of amides is 1. The molecule has 1 aromatic carbocycles. The van der Waals surface area contributed by atoms with E-state index >= 15 is 0 Å². The topological polar surface area (TPSA) is 79.6 Å². The van der Waals surface area contributed by atoms with E-state index in [9.17, 15) is 4.79 Å². The zero-order valence-corrected chi connectivity index (χ0v) is 12.5. The van der Waals surface area contributed by atoms with Gasteiger partial charge in [-0.2, -0.15) is 0 Å². The number of morpholine rings is 1. The first kappa shape index (κ1) is 15.6. The lowest BCUT2D eigenvalue weighted by molar-refractivity contribution is 0.0378. The smallest absolute Gasteiger partial charge is 0.251 e. The van der Waals surface area contributed by atoms with Gasteiger partial charge in [0.2, 0.25) is 0 Å². The molecule has 116 valence electrons. The molecule has 1 saturated heterocycles. The molecule has 1 amide bonds. The van der Waals surface area contributed by atoms with Gasteiger partial charge in [0, 0.05) is 32.2 Å². The van der Waals surface area contributed by atoms with Crippen molar-refractivity contribution in [3.8, 4) is 0 Å². The Morgan fingerprint density at radius 2 is 2.14 bits per heavy atom. The number of nitrogens with zero attached hydrogens (tertiary/aromatic N) is 1. The summed E-state index contributed by atoms with van der Waals surface area (Å²) in [6, 6.07) is 5.28. The van der Waals surface area contributed by atoms with E-state index < -0.39 is 0 Å². The van der Waals surface area contributed by atoms with E-state index in [-0.39, 0.29) is 5.91 Å². The molecular formula is C15H24N4O2. The van der Waals surface area contributed by atoms with E-state index in [1.54, 1.807) is 25.2 Å². The first-order chi connectivity index (χ1) is 10.2. The highest BCUT2D eigenvalue weighted by Crippen LogP contribution is 2.20. The molecule has 0 saturated carbocycles. The summed E-state index contributed by atoms with van der Waals surface area (Å²) in [5, 5.41) is 5.92. The summed E-state index contributed by atoms with van der Waals surface area (Å²) >= 11 is 0. The number of carbonyl (C=O) groups excluding carboxylic acids is 1. The Hall–Kier alpha value is -1.79. The zero-order valence-electron chi connectivity index (χ0n) is 12.5. The monoisotopic (exact) mass is 292 g/mol. The zero-order chi connectivity index (χ0) is 15.1. The van der Waals surface area contributed by atoms with E-state index in [1.165, 1.54) is 0 Å². The van der Waals surface area contributed by atoms with Crippen LogP contribution in [0.1, 0.15) is 16.8 Å². The van der Waals surface area contributed by atoms with Gasteiger partial charge in [-0.15, -0.1) is 0 Å². The highest BCUT2D eigenvalue weighted by Gasteiger charge is 2.10. The average Bonchev–Trinajstić information content (AvgIpc) is 2.53. The van der Waals surface area contributed by atoms with Crippen LogP contribution < -0.4 is 16.4 Å². The first-order valence-corrected chi connectivity index (χ1v) is 7.36. The molecule has 0 unspecified atom stereocenters. The van der Waals surface area contributed by atoms with Crippen LogP contribution in [0.4, 0.5) is 11.4 Å². The Labute approximate surface area is 125 Å². The minimum atomic E-state index is -0.105. The summed E-state index contributed by atoms with van der Waals surface area (Å²) in [6.07, 6.45) is 1.03. The van der Waals surface area contributed by atoms with Crippen LogP contribution >= 0.6 is 0 Å². The predicted molar refractivity (Wildman–Crippen MR) is 84.6 cm³/mol. The average molecular weight is 292 g/mol. The molecule has 6 heteroatoms. The van der Waals surface area contributed by atoms with Crippen molar-refractivity contribution >= 4 is 17.3 Å². The summed E-state index contributed by atoms with van der Waals surface area (Å²) < 4.78 is 5.33. The van der Waals surface area contributed by atoms with Gasteiger partial charge in [-0.1, -0.05) is 0 Å². The number of ether oxygens (including phenoxy) is 1. The van der Waals surface area contributed by atoms with Gasteiger partial charge in [0.25, 0.3) is 5.91 Å². The van der Waals surface area contributed by atoms with E-state index in [1.807, 2.05) is 0 Å². The summed E-state index contributed by atoms with van der Waals surface area (Å²) in [5.41, 5.74) is 8.03. The summed E-state index contributed by atoms with van der Waals surface area (Å²) in [5.74, 6) is -0.105. The highest BCUT2D eigenvalue weighted by atomic mass is 16.5. The molecular weight excluding hydrogens is 268 g/mol. The van der Waals surface area contributed by atoms with E-state index in [0.29, 0.717) is 11.3 Å². The van der Waals surface area contributed by atoms with Crippen LogP contribution in [0.3, 0.4) is 0 Å². The van der Waals surface area contributed by atoms with Crippen molar-refractivity contribution in [3.05, 3.63) is 23.8 Å². The Morgan fingerprint density at radius 3 is 2.86 bits per heavy atom. The molecule has 6 nitrogen and oxygen atoms in total. The Balaban J connectivity index is 1.80. The second kappa shape index (κ2) is 7.85. The molecule has 0 bridgehead atoms. The van der Waals surface area contributed by atoms with E-state index in [2.05, 4.69) is 15.5 Å². The van der Waals surface area contributed by atoms with Gasteiger partial charge in [0.05, 0.1) is 24.6 Å². The van der Waals surface area contributed by atoms with E-state index in [0.717, 1.165) is 51.5 Å². The van der Waals surface area contributed by atoms with Crippen LogP contribution in [-0.2, 0) is 4.74 Å². The number of hydrogen-bond donors (Lipinski definition) is 3. The summed E-state index contributed by atoms with van der Waals surface area (Å²) in [4.78, 5) is 14.0. The molecule has 1 aliphatic heterocycles. The van der Waals surface area contributed by atoms with Crippen LogP contribution in [0.15, 0.2) is 18.2 Å². The molecule has 2 rings (SSSR count). The second-order valence-electron chi connectivity index (χ2n) is 5.12. The largest absolute Gasteiger partial charge is 0.397 e. The number of rotatable bonds is 6. The lowest BCUT2D eigenvalue weighted by atomic mass is 10.1. The van der Waals surface area contributed by atoms with Crippen molar-refractivity contribution in [2.75, 3.05) is 57.5 Å². The molecule has 0 atom stereocenters. The molecule has 21 heavy (non-hydrogen) atoms. The maximum atomic E-state index is 11.6. The second-order valence-corrected chi connectivity index (χ2v) is 5.12. The number of benzene rings is 1. The minimum Gasteiger partial charge on any atom is -0.397 e. The van der Waals surface area contributed by atoms with E-state index in [4.69, 9.17) is 10.5 Å². The van der Waals surface area contributed by atoms with Crippen LogP contribution in [0, 0.1) is 0 Å². The van der Waals surface area contributed by atoms with Crippen LogP contribution in [0.5, 0.6) is 0 Å². The molecule has 0 spiro atoms. The Morgan fingerprint density at radius 1 is 1.38 bits per heavy atom. The third-order valence-electron chi connectivity index (χ3n) is 3.61. The standard InChI is InChI=1S/C15H24N4O2/c1-17-15(20)12-3-4-13(16)14(11-12)18-5-2-6-19-7-9-21-10-8-19/h3-4,11,18H,2,5-10,16H2,1H3,(H,17,20). The first-order valence-electron chi connectivity index (χ1n) is 7.36. The van der Waals surface area contributed by atoms with Crippen molar-refractivity contribution in [1.82, 2.24) is 10.2 Å². The highest BCUT2D eigenvalue weighted by molar-refractivity contribution is 5.96. The fraction of sp³-hybridized carbons (Fsp3) is 0.533. The molecule has 0 aliphatic carbocycles. The normalized spacial score (nSPS) is 15.7. The predicted octanol–water partition coefficient (Wildman–Crippen LogP) is 0.763. The van der Waals surface area contributed by atoms with Crippen LogP contribution in [0.2, 0.25) is 0 Å². The van der Waals surface area contributed by atoms with Gasteiger partial charge < -0.3 is 21.1 Å². The number of nitrogens with one attached hydrogen (secondary N) is 2. The van der Waals surface area contributed by atoms with Crippen molar-refractivity contribution in [1.29, 1.82) is 0 Å². The minimum absolute atomic E-state index is 0.105. The molecule has 1 fully saturated rings. The summed E-state index contributed by atoms with van der Waals surface area (Å²) in [6.45, 7) is 5.55. The molecule has 0 radical (unpaired) electrons. The van der Waals surface area contributed by atoms with Gasteiger partial charge in [-0.3, -0.25) is 9.69 Å². The van der Waals surface area contributed by atoms with Gasteiger partial charge >= 0.3 is 0 Å². The number of hydrogen-bond acceptors (Lipinski definition) is 5.